The van der Waals surface area contributed by atoms with Gasteiger partial charge in [0.2, 0.25) is 5.91 Å². The maximum Gasteiger partial charge on any atom is 0.263 e. The molecule has 1 atom stereocenters. The molecule has 1 aromatic heterocycles. The number of anilines is 1. The number of carbonyl (C=O) groups is 3. The number of amides is 3. The van der Waals surface area contributed by atoms with Gasteiger partial charge in [0.1, 0.15) is 0 Å². The number of benzene rings is 1. The van der Waals surface area contributed by atoms with Crippen molar-refractivity contribution in [1.29, 1.82) is 0 Å². The highest BCUT2D eigenvalue weighted by Gasteiger charge is 2.39. The quantitative estimate of drug-likeness (QED) is 0.625. The summed E-state index contributed by atoms with van der Waals surface area (Å²) in [5, 5.41) is 0. The van der Waals surface area contributed by atoms with Crippen molar-refractivity contribution in [3.63, 3.8) is 0 Å². The molecule has 1 aromatic carbocycles. The van der Waals surface area contributed by atoms with Crippen LogP contribution in [0.2, 0.25) is 0 Å². The van der Waals surface area contributed by atoms with E-state index in [1.807, 2.05) is 30.1 Å². The molecular weight excluding hydrogens is 404 g/mol. The fourth-order valence-corrected chi connectivity index (χ4v) is 4.61. The zero-order chi connectivity index (χ0) is 22.7. The van der Waals surface area contributed by atoms with Crippen LogP contribution >= 0.6 is 0 Å². The van der Waals surface area contributed by atoms with E-state index in [2.05, 4.69) is 16.8 Å². The molecule has 2 aliphatic rings. The molecule has 7 heteroatoms. The molecule has 2 aromatic rings. The maximum atomic E-state index is 13.3. The predicted octanol–water partition coefficient (Wildman–Crippen LogP) is 3.35. The molecule has 4 rings (SSSR count). The number of carbonyl (C=O) groups excluding carboxylic acids is 3. The monoisotopic (exact) mass is 434 g/mol. The topological polar surface area (TPSA) is 73.8 Å². The van der Waals surface area contributed by atoms with Crippen molar-refractivity contribution in [2.75, 3.05) is 31.6 Å². The minimum atomic E-state index is -0.280. The second kappa shape index (κ2) is 9.51. The number of pyridine rings is 1. The number of hydrogen-bond donors (Lipinski definition) is 0. The summed E-state index contributed by atoms with van der Waals surface area (Å²) in [6, 6.07) is 9.08. The summed E-state index contributed by atoms with van der Waals surface area (Å²) in [5.74, 6) is -0.492. The normalized spacial score (nSPS) is 18.1. The summed E-state index contributed by atoms with van der Waals surface area (Å²) < 4.78 is 0. The highest BCUT2D eigenvalue weighted by molar-refractivity contribution is 6.23. The number of imide groups is 1. The Morgan fingerprint density at radius 1 is 1.19 bits per heavy atom. The lowest BCUT2D eigenvalue weighted by Gasteiger charge is -2.36. The summed E-state index contributed by atoms with van der Waals surface area (Å²) >= 11 is 0. The van der Waals surface area contributed by atoms with Gasteiger partial charge in [-0.2, -0.15) is 0 Å². The fraction of sp³-hybridized carbons (Fsp3) is 0.440. The average Bonchev–Trinajstić information content (AvgIpc) is 3.07. The van der Waals surface area contributed by atoms with E-state index in [0.29, 0.717) is 17.7 Å². The van der Waals surface area contributed by atoms with Crippen LogP contribution in [0.15, 0.2) is 42.7 Å². The Labute approximate surface area is 189 Å². The summed E-state index contributed by atoms with van der Waals surface area (Å²) in [6.07, 6.45) is 7.10. The number of rotatable bonds is 7. The molecule has 0 N–H and O–H groups in total. The molecule has 32 heavy (non-hydrogen) atoms. The molecule has 0 unspecified atom stereocenters. The Balaban J connectivity index is 1.55. The first kappa shape index (κ1) is 22.0. The summed E-state index contributed by atoms with van der Waals surface area (Å²) in [6.45, 7) is 4.41. The Hall–Kier alpha value is -3.22. The SMILES string of the molecule is CCCCN(C)C(=O)[C@@H]1CCCN(c2cccc3c2C(=O)N(Cc2cccnc2)C3=O)C1. The summed E-state index contributed by atoms with van der Waals surface area (Å²) in [7, 11) is 1.87. The number of piperidine rings is 1. The largest absolute Gasteiger partial charge is 0.370 e. The Kier molecular flexibility index (Phi) is 6.53. The third kappa shape index (κ3) is 4.24. The minimum Gasteiger partial charge on any atom is -0.370 e. The number of unbranched alkanes of at least 4 members (excludes halogenated alkanes) is 1. The minimum absolute atomic E-state index is 0.0971. The van der Waals surface area contributed by atoms with Crippen LogP contribution in [0.3, 0.4) is 0 Å². The highest BCUT2D eigenvalue weighted by Crippen LogP contribution is 2.35. The molecule has 168 valence electrons. The summed E-state index contributed by atoms with van der Waals surface area (Å²) in [4.78, 5) is 48.6. The third-order valence-corrected chi connectivity index (χ3v) is 6.38. The van der Waals surface area contributed by atoms with Crippen LogP contribution in [-0.2, 0) is 11.3 Å². The van der Waals surface area contributed by atoms with Crippen LogP contribution in [-0.4, -0.2) is 59.2 Å². The smallest absolute Gasteiger partial charge is 0.263 e. The second-order valence-corrected chi connectivity index (χ2v) is 8.66. The molecule has 7 nitrogen and oxygen atoms in total. The van der Waals surface area contributed by atoms with Gasteiger partial charge in [0.25, 0.3) is 11.8 Å². The molecular formula is C25H30N4O3. The van der Waals surface area contributed by atoms with Crippen molar-refractivity contribution in [2.24, 2.45) is 5.92 Å². The van der Waals surface area contributed by atoms with Crippen molar-refractivity contribution < 1.29 is 14.4 Å². The van der Waals surface area contributed by atoms with Crippen molar-refractivity contribution in [3.8, 4) is 0 Å². The lowest BCUT2D eigenvalue weighted by atomic mass is 9.95. The number of aromatic nitrogens is 1. The molecule has 3 amide bonds. The fourth-order valence-electron chi connectivity index (χ4n) is 4.61. The van der Waals surface area contributed by atoms with Crippen LogP contribution in [0.1, 0.15) is 58.9 Å². The maximum absolute atomic E-state index is 13.3. The predicted molar refractivity (Wildman–Crippen MR) is 122 cm³/mol. The number of fused-ring (bicyclic) bond motifs is 1. The lowest BCUT2D eigenvalue weighted by molar-refractivity contribution is -0.134. The van der Waals surface area contributed by atoms with Crippen molar-refractivity contribution in [3.05, 3.63) is 59.4 Å². The van der Waals surface area contributed by atoms with Crippen LogP contribution in [0, 0.1) is 5.92 Å². The van der Waals surface area contributed by atoms with Crippen molar-refractivity contribution in [1.82, 2.24) is 14.8 Å². The molecule has 0 aliphatic carbocycles. The Morgan fingerprint density at radius 3 is 2.78 bits per heavy atom. The standard InChI is InChI=1S/C25H30N4O3/c1-3-4-13-27(2)23(30)19-9-7-14-28(17-19)21-11-5-10-20-22(21)25(32)29(24(20)31)16-18-8-6-12-26-15-18/h5-6,8,10-12,15,19H,3-4,7,9,13-14,16-17H2,1-2H3/t19-/m1/s1. The molecule has 3 heterocycles. The van der Waals surface area contributed by atoms with Gasteiger partial charge in [-0.3, -0.25) is 24.3 Å². The molecule has 1 fully saturated rings. The van der Waals surface area contributed by atoms with Gasteiger partial charge in [0, 0.05) is 39.1 Å². The zero-order valence-electron chi connectivity index (χ0n) is 18.8. The molecule has 2 aliphatic heterocycles. The van der Waals surface area contributed by atoms with Gasteiger partial charge >= 0.3 is 0 Å². The van der Waals surface area contributed by atoms with Gasteiger partial charge in [-0.1, -0.05) is 25.5 Å². The highest BCUT2D eigenvalue weighted by atomic mass is 16.2. The Morgan fingerprint density at radius 2 is 2.03 bits per heavy atom. The zero-order valence-corrected chi connectivity index (χ0v) is 18.8. The van der Waals surface area contributed by atoms with Gasteiger partial charge < -0.3 is 9.80 Å². The van der Waals surface area contributed by atoms with E-state index in [9.17, 15) is 14.4 Å². The number of nitrogens with zero attached hydrogens (tertiary/aromatic N) is 4. The molecule has 0 radical (unpaired) electrons. The lowest BCUT2D eigenvalue weighted by Crippen LogP contribution is -2.44. The van der Waals surface area contributed by atoms with Crippen LogP contribution < -0.4 is 4.90 Å². The van der Waals surface area contributed by atoms with E-state index < -0.39 is 0 Å². The van der Waals surface area contributed by atoms with E-state index in [1.54, 1.807) is 24.5 Å². The van der Waals surface area contributed by atoms with E-state index in [-0.39, 0.29) is 30.2 Å². The second-order valence-electron chi connectivity index (χ2n) is 8.66. The van der Waals surface area contributed by atoms with Gasteiger partial charge in [-0.25, -0.2) is 0 Å². The van der Waals surface area contributed by atoms with E-state index in [0.717, 1.165) is 50.0 Å². The van der Waals surface area contributed by atoms with E-state index in [4.69, 9.17) is 0 Å². The van der Waals surface area contributed by atoms with Gasteiger partial charge in [-0.05, 0) is 43.0 Å². The van der Waals surface area contributed by atoms with Crippen molar-refractivity contribution >= 4 is 23.4 Å². The molecule has 0 saturated carbocycles. The van der Waals surface area contributed by atoms with E-state index >= 15 is 0 Å². The van der Waals surface area contributed by atoms with Gasteiger partial charge in [0.05, 0.1) is 29.3 Å². The first-order chi connectivity index (χ1) is 15.5. The molecule has 0 spiro atoms. The molecule has 1 saturated heterocycles. The third-order valence-electron chi connectivity index (χ3n) is 6.38. The van der Waals surface area contributed by atoms with Crippen molar-refractivity contribution in [2.45, 2.75) is 39.2 Å². The number of hydrogen-bond acceptors (Lipinski definition) is 5. The molecule has 0 bridgehead atoms. The van der Waals surface area contributed by atoms with Crippen LogP contribution in [0.25, 0.3) is 0 Å². The Bertz CT molecular complexity index is 1010. The first-order valence-electron chi connectivity index (χ1n) is 11.4. The van der Waals surface area contributed by atoms with Gasteiger partial charge in [-0.15, -0.1) is 0 Å². The first-order valence-corrected chi connectivity index (χ1v) is 11.4. The van der Waals surface area contributed by atoms with Crippen LogP contribution in [0.4, 0.5) is 5.69 Å². The summed E-state index contributed by atoms with van der Waals surface area (Å²) in [5.41, 5.74) is 2.45. The van der Waals surface area contributed by atoms with E-state index in [1.165, 1.54) is 4.90 Å². The van der Waals surface area contributed by atoms with Gasteiger partial charge in [0.15, 0.2) is 0 Å². The van der Waals surface area contributed by atoms with Crippen LogP contribution in [0.5, 0.6) is 0 Å². The average molecular weight is 435 g/mol.